The van der Waals surface area contributed by atoms with Crippen molar-refractivity contribution < 1.29 is 13.2 Å². The molecule has 1 unspecified atom stereocenters. The molecule has 0 spiro atoms. The van der Waals surface area contributed by atoms with Crippen LogP contribution in [0.25, 0.3) is 10.9 Å². The number of para-hydroxylation sites is 1. The van der Waals surface area contributed by atoms with Gasteiger partial charge in [0, 0.05) is 29.7 Å². The Morgan fingerprint density at radius 1 is 1.12 bits per heavy atom. The number of aromatic nitrogens is 1. The number of nitrogens with zero attached hydrogens (tertiary/aromatic N) is 2. The minimum absolute atomic E-state index is 0.0216. The van der Waals surface area contributed by atoms with E-state index in [4.69, 9.17) is 0 Å². The number of thiophene rings is 1. The Morgan fingerprint density at radius 3 is 2.77 bits per heavy atom. The monoisotopic (exact) mass is 388 g/mol. The molecule has 1 aliphatic rings. The van der Waals surface area contributed by atoms with Crippen molar-refractivity contribution in [2.24, 2.45) is 0 Å². The quantitative estimate of drug-likeness (QED) is 0.693. The highest BCUT2D eigenvalue weighted by Gasteiger charge is 2.33. The predicted molar refractivity (Wildman–Crippen MR) is 104 cm³/mol. The summed E-state index contributed by atoms with van der Waals surface area (Å²) in [6.45, 7) is 0.972. The molecule has 1 aliphatic heterocycles. The molecular formula is C19H20N2O3S2. The van der Waals surface area contributed by atoms with Crippen LogP contribution in [-0.4, -0.2) is 42.6 Å². The average Bonchev–Trinajstić information content (AvgIpc) is 3.25. The van der Waals surface area contributed by atoms with Gasteiger partial charge in [0.1, 0.15) is 6.54 Å². The molecule has 2 aromatic heterocycles. The van der Waals surface area contributed by atoms with Gasteiger partial charge in [-0.25, -0.2) is 8.42 Å². The standard InChI is InChI=1S/C19H20N2O3S2/c22-19(14-21-9-7-15-4-1-2-5-16(15)21)20-10-8-18(17-6-3-12-25-17)26(23,24)13-11-20/h1-7,9,12,18H,8,10-11,13-14H2. The van der Waals surface area contributed by atoms with E-state index >= 15 is 0 Å². The van der Waals surface area contributed by atoms with Crippen molar-refractivity contribution in [1.29, 1.82) is 0 Å². The summed E-state index contributed by atoms with van der Waals surface area (Å²) in [5.41, 5.74) is 1.01. The first kappa shape index (κ1) is 17.3. The largest absolute Gasteiger partial charge is 0.340 e. The molecule has 4 rings (SSSR count). The number of amides is 1. The lowest BCUT2D eigenvalue weighted by Crippen LogP contribution is -2.35. The molecule has 5 nitrogen and oxygen atoms in total. The second kappa shape index (κ2) is 6.89. The zero-order chi connectivity index (χ0) is 18.1. The van der Waals surface area contributed by atoms with E-state index in [1.807, 2.05) is 58.6 Å². The summed E-state index contributed by atoms with van der Waals surface area (Å²) in [6.07, 6.45) is 2.37. The van der Waals surface area contributed by atoms with Crippen LogP contribution in [0.3, 0.4) is 0 Å². The van der Waals surface area contributed by atoms with Crippen molar-refractivity contribution in [2.75, 3.05) is 18.8 Å². The van der Waals surface area contributed by atoms with Gasteiger partial charge in [-0.2, -0.15) is 0 Å². The Hall–Kier alpha value is -2.12. The summed E-state index contributed by atoms with van der Waals surface area (Å²) in [5.74, 6) is -0.0123. The number of rotatable bonds is 3. The topological polar surface area (TPSA) is 59.4 Å². The zero-order valence-electron chi connectivity index (χ0n) is 14.2. The van der Waals surface area contributed by atoms with Gasteiger partial charge in [-0.1, -0.05) is 24.3 Å². The first-order chi connectivity index (χ1) is 12.5. The van der Waals surface area contributed by atoms with E-state index in [9.17, 15) is 13.2 Å². The molecule has 3 aromatic rings. The lowest BCUT2D eigenvalue weighted by Gasteiger charge is -2.20. The smallest absolute Gasteiger partial charge is 0.242 e. The first-order valence-corrected chi connectivity index (χ1v) is 11.2. The molecule has 7 heteroatoms. The minimum atomic E-state index is -3.24. The normalized spacial score (nSPS) is 20.2. The van der Waals surface area contributed by atoms with E-state index in [1.165, 1.54) is 11.3 Å². The maximum atomic E-state index is 12.8. The molecule has 0 N–H and O–H groups in total. The van der Waals surface area contributed by atoms with Crippen LogP contribution in [0.2, 0.25) is 0 Å². The number of fused-ring (bicyclic) bond motifs is 1. The molecule has 26 heavy (non-hydrogen) atoms. The van der Waals surface area contributed by atoms with Crippen molar-refractivity contribution in [1.82, 2.24) is 9.47 Å². The van der Waals surface area contributed by atoms with E-state index in [2.05, 4.69) is 0 Å². The predicted octanol–water partition coefficient (Wildman–Crippen LogP) is 3.09. The van der Waals surface area contributed by atoms with Crippen LogP contribution in [0.4, 0.5) is 0 Å². The Balaban J connectivity index is 1.51. The second-order valence-corrected chi connectivity index (χ2v) is 9.83. The molecule has 1 amide bonds. The number of carbonyl (C=O) groups excluding carboxylic acids is 1. The Labute approximate surface area is 156 Å². The number of carbonyl (C=O) groups is 1. The Bertz CT molecular complexity index is 1020. The Morgan fingerprint density at radius 2 is 1.96 bits per heavy atom. The van der Waals surface area contributed by atoms with E-state index in [0.29, 0.717) is 13.0 Å². The van der Waals surface area contributed by atoms with Crippen molar-refractivity contribution in [3.8, 4) is 0 Å². The van der Waals surface area contributed by atoms with Crippen molar-refractivity contribution >= 4 is 38.0 Å². The van der Waals surface area contributed by atoms with E-state index in [-0.39, 0.29) is 24.7 Å². The highest BCUT2D eigenvalue weighted by Crippen LogP contribution is 2.32. The molecule has 1 saturated heterocycles. The number of hydrogen-bond donors (Lipinski definition) is 0. The molecule has 3 heterocycles. The zero-order valence-corrected chi connectivity index (χ0v) is 15.9. The lowest BCUT2D eigenvalue weighted by molar-refractivity contribution is -0.131. The maximum Gasteiger partial charge on any atom is 0.242 e. The maximum absolute atomic E-state index is 12.8. The van der Waals surface area contributed by atoms with E-state index in [1.54, 1.807) is 4.90 Å². The third-order valence-electron chi connectivity index (χ3n) is 4.94. The fourth-order valence-electron chi connectivity index (χ4n) is 3.51. The van der Waals surface area contributed by atoms with Crippen molar-refractivity contribution in [3.05, 3.63) is 58.9 Å². The van der Waals surface area contributed by atoms with Gasteiger partial charge in [0.2, 0.25) is 5.91 Å². The molecule has 0 radical (unpaired) electrons. The van der Waals surface area contributed by atoms with Gasteiger partial charge in [-0.05, 0) is 35.4 Å². The van der Waals surface area contributed by atoms with Crippen LogP contribution in [0.5, 0.6) is 0 Å². The van der Waals surface area contributed by atoms with Gasteiger partial charge in [-0.3, -0.25) is 4.79 Å². The highest BCUT2D eigenvalue weighted by molar-refractivity contribution is 7.91. The molecule has 1 aromatic carbocycles. The van der Waals surface area contributed by atoms with Crippen LogP contribution in [0.15, 0.2) is 54.0 Å². The van der Waals surface area contributed by atoms with Gasteiger partial charge >= 0.3 is 0 Å². The summed E-state index contributed by atoms with van der Waals surface area (Å²) in [6, 6.07) is 13.7. The third kappa shape index (κ3) is 3.29. The summed E-state index contributed by atoms with van der Waals surface area (Å²) in [7, 11) is -3.24. The second-order valence-electron chi connectivity index (χ2n) is 6.54. The van der Waals surface area contributed by atoms with Crippen molar-refractivity contribution in [2.45, 2.75) is 18.2 Å². The van der Waals surface area contributed by atoms with Crippen molar-refractivity contribution in [3.63, 3.8) is 0 Å². The fraction of sp³-hybridized carbons (Fsp3) is 0.316. The molecule has 0 saturated carbocycles. The van der Waals surface area contributed by atoms with Crippen LogP contribution in [0.1, 0.15) is 16.5 Å². The fourth-order valence-corrected chi connectivity index (χ4v) is 6.52. The minimum Gasteiger partial charge on any atom is -0.340 e. The van der Waals surface area contributed by atoms with Gasteiger partial charge in [0.15, 0.2) is 9.84 Å². The molecule has 136 valence electrons. The van der Waals surface area contributed by atoms with E-state index < -0.39 is 15.1 Å². The molecule has 1 fully saturated rings. The van der Waals surface area contributed by atoms with E-state index in [0.717, 1.165) is 15.8 Å². The number of sulfone groups is 1. The molecule has 0 aliphatic carbocycles. The summed E-state index contributed by atoms with van der Waals surface area (Å²) in [5, 5.41) is 2.50. The van der Waals surface area contributed by atoms with Gasteiger partial charge < -0.3 is 9.47 Å². The summed E-state index contributed by atoms with van der Waals surface area (Å²) >= 11 is 1.47. The van der Waals surface area contributed by atoms with Gasteiger partial charge in [0.25, 0.3) is 0 Å². The Kier molecular flexibility index (Phi) is 4.58. The first-order valence-electron chi connectivity index (χ1n) is 8.61. The average molecular weight is 389 g/mol. The van der Waals surface area contributed by atoms with Crippen LogP contribution in [-0.2, 0) is 21.2 Å². The SMILES string of the molecule is O=C(Cn1ccc2ccccc21)N1CCC(c2cccs2)S(=O)(=O)CC1. The molecular weight excluding hydrogens is 368 g/mol. The molecule has 0 bridgehead atoms. The highest BCUT2D eigenvalue weighted by atomic mass is 32.2. The summed E-state index contributed by atoms with van der Waals surface area (Å²) < 4.78 is 27.2. The van der Waals surface area contributed by atoms with Gasteiger partial charge in [0.05, 0.1) is 11.0 Å². The van der Waals surface area contributed by atoms with Crippen LogP contribution >= 0.6 is 11.3 Å². The van der Waals surface area contributed by atoms with Crippen LogP contribution in [0, 0.1) is 0 Å². The molecule has 1 atom stereocenters. The number of hydrogen-bond acceptors (Lipinski definition) is 4. The lowest BCUT2D eigenvalue weighted by atomic mass is 10.2. The summed E-state index contributed by atoms with van der Waals surface area (Å²) in [4.78, 5) is 15.3. The van der Waals surface area contributed by atoms with Crippen LogP contribution < -0.4 is 0 Å². The van der Waals surface area contributed by atoms with Gasteiger partial charge in [-0.15, -0.1) is 11.3 Å². The third-order valence-corrected chi connectivity index (χ3v) is 8.18. The number of benzene rings is 1.